The van der Waals surface area contributed by atoms with Gasteiger partial charge in [0.2, 0.25) is 0 Å². The molecule has 0 spiro atoms. The largest absolute Gasteiger partial charge is 0.313 e. The van der Waals surface area contributed by atoms with E-state index in [1.165, 1.54) is 182 Å². The zero-order chi connectivity index (χ0) is 58.9. The first-order chi connectivity index (χ1) is 38.7. The fourth-order valence-electron chi connectivity index (χ4n) is 16.3. The Morgan fingerprint density at radius 3 is 1.10 bits per heavy atom. The quantitative estimate of drug-likeness (QED) is 0.149. The lowest BCUT2D eigenvalue weighted by molar-refractivity contribution is 0.490. The molecule has 8 heteroatoms. The number of hydrogen-bond acceptors (Lipinski definition) is 5. The molecule has 0 aliphatic carbocycles. The van der Waals surface area contributed by atoms with Gasteiger partial charge < -0.3 is 4.57 Å². The van der Waals surface area contributed by atoms with E-state index in [0.717, 1.165) is 56.3 Å². The first kappa shape index (κ1) is 53.5. The first-order valence-electron chi connectivity index (χ1n) is 29.5. The summed E-state index contributed by atoms with van der Waals surface area (Å²) >= 11 is 0. The van der Waals surface area contributed by atoms with E-state index >= 15 is 0 Å². The molecular weight excluding hydrogens is 1000 g/mol. The van der Waals surface area contributed by atoms with Crippen molar-refractivity contribution in [3.63, 3.8) is 0 Å². The van der Waals surface area contributed by atoms with Crippen molar-refractivity contribution >= 4 is 94.7 Å². The van der Waals surface area contributed by atoms with Gasteiger partial charge in [0.25, 0.3) is 0 Å². The van der Waals surface area contributed by atoms with Crippen LogP contribution >= 0.6 is 0 Å². The summed E-state index contributed by atoms with van der Waals surface area (Å²) in [5.74, 6) is 5.30. The van der Waals surface area contributed by atoms with Crippen molar-refractivity contribution < 1.29 is 0 Å². The lowest BCUT2D eigenvalue weighted by Gasteiger charge is -2.23. The first-order valence-corrected chi connectivity index (χ1v) is 29.5. The van der Waals surface area contributed by atoms with Crippen LogP contribution in [0.1, 0.15) is 167 Å². The Kier molecular flexibility index (Phi) is 11.5. The number of nitrogens with zero attached hydrogens (tertiary/aromatic N) is 8. The molecule has 0 radical (unpaired) electrons. The standard InChI is InChI=1S/C74H78N8/c1-28-29(2)37(10)54-45(18)61-52(44(17)53(54)36(28)9)26-81-27-82-73(79-69-63-47(20)56-39(12)31(4)30(3)38(11)55(56)46(19)62(63)68(75-25)76-69)66-50(23)59-42(15)34(7)35(8)43(16)60(59)51(24)67(66)74(82)80-71-65-49(22)58-41(14)33(6)32(5)40(13)57(58)48(21)64(65)70(77-71)78-72(61)81/h26H,27H2,1-25H3/b75-68?,78-70-,79-73?,80-74?. The molecule has 0 fully saturated rings. The van der Waals surface area contributed by atoms with Gasteiger partial charge in [0.15, 0.2) is 23.3 Å². The molecule has 0 atom stereocenters. The summed E-state index contributed by atoms with van der Waals surface area (Å²) in [5, 5.41) is 12.7. The van der Waals surface area contributed by atoms with Crippen molar-refractivity contribution in [2.24, 2.45) is 30.0 Å². The van der Waals surface area contributed by atoms with Crippen LogP contribution in [-0.4, -0.2) is 51.5 Å². The monoisotopic (exact) mass is 1080 g/mol. The minimum Gasteiger partial charge on any atom is -0.313 e. The van der Waals surface area contributed by atoms with Crippen LogP contribution in [0.2, 0.25) is 0 Å². The van der Waals surface area contributed by atoms with Crippen LogP contribution in [0.4, 0.5) is 5.82 Å². The maximum Gasteiger partial charge on any atom is 0.165 e. The Bertz CT molecular complexity index is 4890. The number of aryl methyl sites for hydroxylation is 16. The van der Waals surface area contributed by atoms with Crippen molar-refractivity contribution in [2.45, 2.75) is 173 Å². The van der Waals surface area contributed by atoms with E-state index in [1.807, 2.05) is 7.05 Å². The summed E-state index contributed by atoms with van der Waals surface area (Å²) in [6.07, 6.45) is 2.37. The second kappa shape index (κ2) is 17.6. The van der Waals surface area contributed by atoms with Gasteiger partial charge in [-0.15, -0.1) is 0 Å². The topological polar surface area (TPSA) is 82.3 Å². The maximum atomic E-state index is 6.08. The van der Waals surface area contributed by atoms with Gasteiger partial charge in [-0.3, -0.25) is 9.89 Å². The zero-order valence-corrected chi connectivity index (χ0v) is 53.4. The number of amidine groups is 6. The van der Waals surface area contributed by atoms with E-state index in [2.05, 4.69) is 182 Å². The van der Waals surface area contributed by atoms with Crippen molar-refractivity contribution in [3.8, 4) is 0 Å². The molecule has 8 aromatic carbocycles. The predicted molar refractivity (Wildman–Crippen MR) is 352 cm³/mol. The Balaban J connectivity index is 1.23. The maximum absolute atomic E-state index is 6.08. The minimum absolute atomic E-state index is 0.380. The smallest absolute Gasteiger partial charge is 0.165 e. The lowest BCUT2D eigenvalue weighted by Crippen LogP contribution is -2.34. The van der Waals surface area contributed by atoms with Crippen molar-refractivity contribution in [2.75, 3.05) is 7.05 Å². The van der Waals surface area contributed by atoms with E-state index in [1.54, 1.807) is 0 Å². The Hall–Kier alpha value is -7.84. The third kappa shape index (κ3) is 6.44. The molecule has 9 aromatic rings. The third-order valence-electron chi connectivity index (χ3n) is 22.0. The van der Waals surface area contributed by atoms with Gasteiger partial charge in [-0.05, 0) is 343 Å². The molecule has 0 unspecified atom stereocenters. The Morgan fingerprint density at radius 1 is 0.317 bits per heavy atom. The van der Waals surface area contributed by atoms with Gasteiger partial charge in [-0.2, -0.15) is 0 Å². The van der Waals surface area contributed by atoms with E-state index < -0.39 is 0 Å². The fourth-order valence-corrected chi connectivity index (χ4v) is 16.3. The Labute approximate surface area is 484 Å². The van der Waals surface area contributed by atoms with Crippen LogP contribution in [0.3, 0.4) is 0 Å². The predicted octanol–water partition coefficient (Wildman–Crippen LogP) is 17.8. The van der Waals surface area contributed by atoms with Gasteiger partial charge in [-0.25, -0.2) is 25.0 Å². The lowest BCUT2D eigenvalue weighted by atomic mass is 9.82. The molecule has 4 aliphatic heterocycles. The van der Waals surface area contributed by atoms with E-state index in [4.69, 9.17) is 30.0 Å². The average molecular weight is 1080 g/mol. The van der Waals surface area contributed by atoms with Gasteiger partial charge in [0, 0.05) is 57.4 Å². The summed E-state index contributed by atoms with van der Waals surface area (Å²) in [4.78, 5) is 36.7. The number of rotatable bonds is 0. The minimum atomic E-state index is 0.380. The summed E-state index contributed by atoms with van der Waals surface area (Å²) < 4.78 is 2.39. The molecule has 5 heterocycles. The van der Waals surface area contributed by atoms with Crippen LogP contribution in [0.5, 0.6) is 0 Å². The average Bonchev–Trinajstić information content (AvgIpc) is 2.11. The molecule has 2 bridgehead atoms. The van der Waals surface area contributed by atoms with Gasteiger partial charge in [-0.1, -0.05) is 0 Å². The molecule has 0 saturated carbocycles. The summed E-state index contributed by atoms with van der Waals surface area (Å²) in [7, 11) is 1.87. The highest BCUT2D eigenvalue weighted by atomic mass is 15.4. The molecule has 4 aliphatic rings. The van der Waals surface area contributed by atoms with Gasteiger partial charge in [0.1, 0.15) is 24.2 Å². The number of fused-ring (bicyclic) bond motifs is 15. The van der Waals surface area contributed by atoms with Crippen molar-refractivity contribution in [3.05, 3.63) is 173 Å². The number of hydrogen-bond donors (Lipinski definition) is 0. The van der Waals surface area contributed by atoms with Crippen LogP contribution in [0.25, 0.3) is 53.9 Å². The SMILES string of the molecule is CN=C1N=C(N=C2c3c(c(C)c4c(C)c(C)c(C)c(C)c4c3C)C3=NC4=N/C(=N\c5c6c(C)c7c(C)c(C)c(C)c(C)c7c(C)c6cn5CN23)c2c4c(C)c3c(C)c(C)c(C)c(C)c3c2C)c2c1c(C)c1c(C)c(C)c(C)c(C)c1c2C. The van der Waals surface area contributed by atoms with Crippen molar-refractivity contribution in [1.29, 1.82) is 0 Å². The molecule has 1 aromatic heterocycles. The van der Waals surface area contributed by atoms with Crippen LogP contribution in [-0.2, 0) is 6.67 Å². The second-order valence-corrected chi connectivity index (χ2v) is 25.3. The summed E-state index contributed by atoms with van der Waals surface area (Å²) in [6, 6.07) is 0. The van der Waals surface area contributed by atoms with Crippen LogP contribution in [0.15, 0.2) is 36.2 Å². The number of aliphatic imine (C=N–C) groups is 6. The highest BCUT2D eigenvalue weighted by Gasteiger charge is 2.42. The van der Waals surface area contributed by atoms with Gasteiger partial charge in [0.05, 0.1) is 0 Å². The molecule has 13 rings (SSSR count). The fraction of sp³-hybridized carbons (Fsp3) is 0.351. The highest BCUT2D eigenvalue weighted by molar-refractivity contribution is 6.37. The number of benzene rings is 8. The van der Waals surface area contributed by atoms with Crippen LogP contribution < -0.4 is 0 Å². The highest BCUT2D eigenvalue weighted by Crippen LogP contribution is 2.49. The van der Waals surface area contributed by atoms with E-state index in [-0.39, 0.29) is 0 Å². The normalized spacial score (nSPS) is 16.3. The molecule has 8 nitrogen and oxygen atoms in total. The zero-order valence-electron chi connectivity index (χ0n) is 53.4. The van der Waals surface area contributed by atoms with Crippen molar-refractivity contribution in [1.82, 2.24) is 9.47 Å². The number of aromatic nitrogens is 1. The van der Waals surface area contributed by atoms with E-state index in [9.17, 15) is 0 Å². The Morgan fingerprint density at radius 2 is 0.671 bits per heavy atom. The molecule has 82 heavy (non-hydrogen) atoms. The van der Waals surface area contributed by atoms with E-state index in [0.29, 0.717) is 30.0 Å². The summed E-state index contributed by atoms with van der Waals surface area (Å²) in [5.41, 5.74) is 37.1. The van der Waals surface area contributed by atoms with Crippen LogP contribution in [0, 0.1) is 166 Å². The van der Waals surface area contributed by atoms with Gasteiger partial charge >= 0.3 is 0 Å². The second-order valence-electron chi connectivity index (χ2n) is 25.3. The molecule has 0 amide bonds. The molecule has 0 saturated heterocycles. The molecule has 414 valence electrons. The third-order valence-corrected chi connectivity index (χ3v) is 22.0. The molecular formula is C74H78N8. The summed E-state index contributed by atoms with van der Waals surface area (Å²) in [6.45, 7) is 55.4. The molecule has 0 N–H and O–H groups in total.